The van der Waals surface area contributed by atoms with Gasteiger partial charge in [0.05, 0.1) is 19.4 Å². The number of furan rings is 1. The molecular weight excluding hydrogens is 421 g/mol. The number of guanidine groups is 1. The van der Waals surface area contributed by atoms with Crippen LogP contribution >= 0.6 is 35.7 Å². The molecule has 0 aliphatic heterocycles. The number of thioether (sulfide) groups is 1. The van der Waals surface area contributed by atoms with Crippen molar-refractivity contribution < 1.29 is 4.42 Å². The molecule has 0 aliphatic carbocycles. The third kappa shape index (κ3) is 6.47. The van der Waals surface area contributed by atoms with Crippen molar-refractivity contribution in [1.29, 1.82) is 0 Å². The average Bonchev–Trinajstić information content (AvgIpc) is 3.04. The van der Waals surface area contributed by atoms with E-state index in [-0.39, 0.29) is 24.0 Å². The van der Waals surface area contributed by atoms with Gasteiger partial charge in [-0.3, -0.25) is 0 Å². The summed E-state index contributed by atoms with van der Waals surface area (Å²) in [6, 6.07) is 10.3. The Kier molecular flexibility index (Phi) is 9.16. The molecule has 0 radical (unpaired) electrons. The predicted octanol–water partition coefficient (Wildman–Crippen LogP) is 4.18. The van der Waals surface area contributed by atoms with Crippen LogP contribution < -0.4 is 10.6 Å². The Morgan fingerprint density at radius 2 is 2.09 bits per heavy atom. The van der Waals surface area contributed by atoms with E-state index in [1.54, 1.807) is 18.0 Å². The van der Waals surface area contributed by atoms with Gasteiger partial charge in [0.25, 0.3) is 0 Å². The summed E-state index contributed by atoms with van der Waals surface area (Å²) in [4.78, 5) is 5.94. The Morgan fingerprint density at radius 3 is 2.74 bits per heavy atom. The van der Waals surface area contributed by atoms with Crippen LogP contribution in [0.1, 0.15) is 23.8 Å². The molecule has 1 aromatic carbocycles. The van der Waals surface area contributed by atoms with E-state index >= 15 is 0 Å². The minimum atomic E-state index is 0. The second kappa shape index (κ2) is 10.6. The molecule has 0 spiro atoms. The summed E-state index contributed by atoms with van der Waals surface area (Å²) in [5.41, 5.74) is 2.52. The molecule has 4 nitrogen and oxygen atoms in total. The Morgan fingerprint density at radius 1 is 1.26 bits per heavy atom. The van der Waals surface area contributed by atoms with Gasteiger partial charge in [0, 0.05) is 11.4 Å². The van der Waals surface area contributed by atoms with Crippen LogP contribution in [0.3, 0.4) is 0 Å². The molecule has 1 aromatic heterocycles. The Bertz CT molecular complexity index is 614. The molecule has 0 fully saturated rings. The van der Waals surface area contributed by atoms with Crippen LogP contribution in [0.15, 0.2) is 50.9 Å². The lowest BCUT2D eigenvalue weighted by Gasteiger charge is -2.11. The lowest BCUT2D eigenvalue weighted by Crippen LogP contribution is -2.36. The van der Waals surface area contributed by atoms with Gasteiger partial charge < -0.3 is 15.1 Å². The van der Waals surface area contributed by atoms with Crippen molar-refractivity contribution >= 4 is 41.7 Å². The third-order valence-corrected chi connectivity index (χ3v) is 4.02. The van der Waals surface area contributed by atoms with Gasteiger partial charge in [-0.25, -0.2) is 4.99 Å². The van der Waals surface area contributed by atoms with Crippen LogP contribution in [0.5, 0.6) is 0 Å². The monoisotopic (exact) mass is 445 g/mol. The first-order valence-corrected chi connectivity index (χ1v) is 8.63. The first kappa shape index (κ1) is 19.9. The Hall–Kier alpha value is -1.15. The van der Waals surface area contributed by atoms with Gasteiger partial charge >= 0.3 is 0 Å². The molecule has 6 heteroatoms. The molecule has 126 valence electrons. The van der Waals surface area contributed by atoms with Gasteiger partial charge in [-0.1, -0.05) is 12.1 Å². The van der Waals surface area contributed by atoms with E-state index in [1.165, 1.54) is 16.0 Å². The summed E-state index contributed by atoms with van der Waals surface area (Å²) < 4.78 is 5.33. The van der Waals surface area contributed by atoms with Crippen LogP contribution in [0, 0.1) is 6.92 Å². The van der Waals surface area contributed by atoms with E-state index in [1.807, 2.05) is 12.1 Å². The number of aryl methyl sites for hydroxylation is 1. The van der Waals surface area contributed by atoms with Crippen molar-refractivity contribution in [3.63, 3.8) is 0 Å². The highest BCUT2D eigenvalue weighted by molar-refractivity contribution is 14.0. The van der Waals surface area contributed by atoms with Crippen LogP contribution in [0.4, 0.5) is 0 Å². The molecule has 0 aliphatic rings. The van der Waals surface area contributed by atoms with Crippen molar-refractivity contribution in [2.45, 2.75) is 31.8 Å². The zero-order valence-corrected chi connectivity index (χ0v) is 16.9. The number of hydrogen-bond acceptors (Lipinski definition) is 3. The molecule has 0 saturated heterocycles. The quantitative estimate of drug-likeness (QED) is 0.303. The fourth-order valence-electron chi connectivity index (χ4n) is 2.07. The molecule has 0 unspecified atom stereocenters. The normalized spacial score (nSPS) is 11.0. The highest BCUT2D eigenvalue weighted by Gasteiger charge is 2.03. The van der Waals surface area contributed by atoms with Crippen molar-refractivity contribution in [1.82, 2.24) is 10.6 Å². The van der Waals surface area contributed by atoms with Gasteiger partial charge in [-0.15, -0.1) is 35.7 Å². The standard InChI is InChI=1S/C17H23N3OS.HI/c1-4-18-17(20-12-15-6-5-9-21-15)19-11-14-8-7-13(2)10-16(14)22-3;/h5-10H,4,11-12H2,1-3H3,(H2,18,19,20);1H. The second-order valence-electron chi connectivity index (χ2n) is 4.94. The first-order valence-electron chi connectivity index (χ1n) is 7.41. The molecule has 0 bridgehead atoms. The minimum Gasteiger partial charge on any atom is -0.467 e. The number of rotatable bonds is 6. The van der Waals surface area contributed by atoms with Crippen molar-refractivity contribution in [2.75, 3.05) is 12.8 Å². The Balaban J connectivity index is 0.00000264. The molecule has 1 heterocycles. The zero-order valence-electron chi connectivity index (χ0n) is 13.8. The summed E-state index contributed by atoms with van der Waals surface area (Å²) in [6.45, 7) is 6.28. The molecule has 2 rings (SSSR count). The summed E-state index contributed by atoms with van der Waals surface area (Å²) in [5.74, 6) is 1.69. The summed E-state index contributed by atoms with van der Waals surface area (Å²) in [7, 11) is 0. The van der Waals surface area contributed by atoms with E-state index in [4.69, 9.17) is 4.42 Å². The highest BCUT2D eigenvalue weighted by atomic mass is 127. The molecule has 0 saturated carbocycles. The van der Waals surface area contributed by atoms with E-state index in [9.17, 15) is 0 Å². The van der Waals surface area contributed by atoms with Crippen molar-refractivity contribution in [2.24, 2.45) is 4.99 Å². The van der Waals surface area contributed by atoms with Crippen LogP contribution in [0.25, 0.3) is 0 Å². The largest absolute Gasteiger partial charge is 0.467 e. The number of benzene rings is 1. The van der Waals surface area contributed by atoms with Crippen LogP contribution in [-0.2, 0) is 13.1 Å². The maximum Gasteiger partial charge on any atom is 0.191 e. The zero-order chi connectivity index (χ0) is 15.8. The molecule has 0 amide bonds. The third-order valence-electron chi connectivity index (χ3n) is 3.20. The molecule has 2 N–H and O–H groups in total. The maximum atomic E-state index is 5.33. The number of halogens is 1. The maximum absolute atomic E-state index is 5.33. The number of nitrogens with zero attached hydrogens (tertiary/aromatic N) is 1. The van der Waals surface area contributed by atoms with E-state index < -0.39 is 0 Å². The smallest absolute Gasteiger partial charge is 0.191 e. The Labute approximate surface area is 159 Å². The summed E-state index contributed by atoms with van der Waals surface area (Å²) in [5, 5.41) is 6.54. The second-order valence-corrected chi connectivity index (χ2v) is 5.79. The van der Waals surface area contributed by atoms with E-state index in [2.05, 4.69) is 53.9 Å². The minimum absolute atomic E-state index is 0. The topological polar surface area (TPSA) is 49.6 Å². The van der Waals surface area contributed by atoms with Gasteiger partial charge in [0.1, 0.15) is 5.76 Å². The van der Waals surface area contributed by atoms with Crippen LogP contribution in [-0.4, -0.2) is 18.8 Å². The molecular formula is C17H24IN3OS. The predicted molar refractivity (Wildman–Crippen MR) is 109 cm³/mol. The molecule has 23 heavy (non-hydrogen) atoms. The van der Waals surface area contributed by atoms with Crippen LogP contribution in [0.2, 0.25) is 0 Å². The van der Waals surface area contributed by atoms with Gasteiger partial charge in [-0.2, -0.15) is 0 Å². The van der Waals surface area contributed by atoms with Gasteiger partial charge in [-0.05, 0) is 49.4 Å². The lowest BCUT2D eigenvalue weighted by molar-refractivity contribution is 0.501. The SMILES string of the molecule is CCNC(=NCc1ccc(C)cc1SC)NCc1ccco1.I. The number of aliphatic imine (C=N–C) groups is 1. The van der Waals surface area contributed by atoms with Gasteiger partial charge in [0.15, 0.2) is 5.96 Å². The average molecular weight is 445 g/mol. The fourth-order valence-corrected chi connectivity index (χ4v) is 2.77. The van der Waals surface area contributed by atoms with Crippen molar-refractivity contribution in [3.8, 4) is 0 Å². The van der Waals surface area contributed by atoms with E-state index in [0.717, 1.165) is 18.3 Å². The van der Waals surface area contributed by atoms with E-state index in [0.29, 0.717) is 13.1 Å². The lowest BCUT2D eigenvalue weighted by atomic mass is 10.1. The molecule has 0 atom stereocenters. The highest BCUT2D eigenvalue weighted by Crippen LogP contribution is 2.22. The summed E-state index contributed by atoms with van der Waals surface area (Å²) in [6.07, 6.45) is 3.78. The van der Waals surface area contributed by atoms with Gasteiger partial charge in [0.2, 0.25) is 0 Å². The fraction of sp³-hybridized carbons (Fsp3) is 0.353. The number of hydrogen-bond donors (Lipinski definition) is 2. The summed E-state index contributed by atoms with van der Waals surface area (Å²) >= 11 is 1.76. The first-order chi connectivity index (χ1) is 10.7. The number of nitrogens with one attached hydrogen (secondary N) is 2. The van der Waals surface area contributed by atoms with Crippen molar-refractivity contribution in [3.05, 3.63) is 53.5 Å². The molecule has 2 aromatic rings.